The normalized spacial score (nSPS) is 40.5. The summed E-state index contributed by atoms with van der Waals surface area (Å²) in [6.07, 6.45) is 3.79. The minimum atomic E-state index is 0.377. The molecule has 1 saturated carbocycles. The van der Waals surface area contributed by atoms with E-state index < -0.39 is 0 Å². The Morgan fingerprint density at radius 3 is 2.25 bits per heavy atom. The number of nitrogens with zero attached hydrogens (tertiary/aromatic N) is 2. The van der Waals surface area contributed by atoms with Crippen molar-refractivity contribution in [2.45, 2.75) is 65.1 Å². The fourth-order valence-electron chi connectivity index (χ4n) is 4.31. The van der Waals surface area contributed by atoms with E-state index in [9.17, 15) is 0 Å². The van der Waals surface area contributed by atoms with Crippen molar-refractivity contribution in [3.63, 3.8) is 0 Å². The molecule has 2 rings (SSSR count). The Morgan fingerprint density at radius 1 is 1.10 bits per heavy atom. The van der Waals surface area contributed by atoms with Crippen LogP contribution in [-0.2, 0) is 0 Å². The van der Waals surface area contributed by atoms with E-state index >= 15 is 0 Å². The van der Waals surface area contributed by atoms with Gasteiger partial charge in [-0.2, -0.15) is 0 Å². The van der Waals surface area contributed by atoms with Crippen molar-refractivity contribution in [1.29, 1.82) is 0 Å². The van der Waals surface area contributed by atoms with Crippen molar-refractivity contribution in [1.82, 2.24) is 9.80 Å². The van der Waals surface area contributed by atoms with E-state index in [0.717, 1.165) is 11.8 Å². The molecule has 5 atom stereocenters. The summed E-state index contributed by atoms with van der Waals surface area (Å²) in [5, 5.41) is 0. The van der Waals surface area contributed by atoms with Crippen LogP contribution >= 0.6 is 0 Å². The van der Waals surface area contributed by atoms with Gasteiger partial charge in [0, 0.05) is 31.2 Å². The summed E-state index contributed by atoms with van der Waals surface area (Å²) in [5.41, 5.74) is 6.90. The molecule has 118 valence electrons. The molecule has 5 unspecified atom stereocenters. The van der Waals surface area contributed by atoms with Crippen LogP contribution in [-0.4, -0.2) is 55.1 Å². The van der Waals surface area contributed by atoms with Crippen molar-refractivity contribution in [2.75, 3.05) is 27.2 Å². The Kier molecular flexibility index (Phi) is 4.83. The van der Waals surface area contributed by atoms with Crippen LogP contribution in [0.4, 0.5) is 0 Å². The maximum Gasteiger partial charge on any atom is 0.0254 e. The summed E-state index contributed by atoms with van der Waals surface area (Å²) in [7, 11) is 4.42. The van der Waals surface area contributed by atoms with Crippen molar-refractivity contribution in [3.8, 4) is 0 Å². The summed E-state index contributed by atoms with van der Waals surface area (Å²) in [5.74, 6) is 1.58. The smallest absolute Gasteiger partial charge is 0.0254 e. The van der Waals surface area contributed by atoms with E-state index in [1.54, 1.807) is 0 Å². The van der Waals surface area contributed by atoms with E-state index in [0.29, 0.717) is 23.5 Å². The summed E-state index contributed by atoms with van der Waals surface area (Å²) in [4.78, 5) is 5.08. The molecule has 0 bridgehead atoms. The lowest BCUT2D eigenvalue weighted by Gasteiger charge is -2.44. The van der Waals surface area contributed by atoms with Crippen molar-refractivity contribution in [2.24, 2.45) is 23.0 Å². The lowest BCUT2D eigenvalue weighted by molar-refractivity contribution is 0.0789. The second-order valence-corrected chi connectivity index (χ2v) is 8.57. The first-order chi connectivity index (χ1) is 9.20. The average molecular weight is 281 g/mol. The first kappa shape index (κ1) is 16.3. The molecule has 1 saturated heterocycles. The molecule has 0 aromatic heterocycles. The monoisotopic (exact) mass is 281 g/mol. The van der Waals surface area contributed by atoms with E-state index in [2.05, 4.69) is 51.6 Å². The Labute approximate surface area is 125 Å². The van der Waals surface area contributed by atoms with Gasteiger partial charge in [-0.25, -0.2) is 0 Å². The molecule has 0 radical (unpaired) electrons. The molecule has 0 aromatic rings. The predicted molar refractivity (Wildman–Crippen MR) is 86.8 cm³/mol. The van der Waals surface area contributed by atoms with Gasteiger partial charge in [0.2, 0.25) is 0 Å². The fourth-order valence-corrected chi connectivity index (χ4v) is 4.31. The molecule has 20 heavy (non-hydrogen) atoms. The highest BCUT2D eigenvalue weighted by Gasteiger charge is 2.41. The summed E-state index contributed by atoms with van der Waals surface area (Å²) >= 11 is 0. The van der Waals surface area contributed by atoms with Crippen LogP contribution in [0.1, 0.15) is 47.0 Å². The number of hydrogen-bond donors (Lipinski definition) is 1. The van der Waals surface area contributed by atoms with Gasteiger partial charge in [-0.3, -0.25) is 4.90 Å². The molecule has 0 aromatic carbocycles. The van der Waals surface area contributed by atoms with Gasteiger partial charge in [-0.1, -0.05) is 27.7 Å². The largest absolute Gasteiger partial charge is 0.326 e. The molecule has 3 nitrogen and oxygen atoms in total. The number of likely N-dealkylation sites (N-methyl/N-ethyl adjacent to an activating group) is 1. The van der Waals surface area contributed by atoms with Crippen molar-refractivity contribution >= 4 is 0 Å². The maximum absolute atomic E-state index is 6.48. The molecule has 3 heteroatoms. The standard InChI is InChI=1S/C17H35N3/c1-12-10-20(11-16(12)19(5)6)15-9-13(17(2,3)4)7-8-14(15)18/h12-16H,7-11,18H2,1-6H3. The SMILES string of the molecule is CC1CN(C2CC(C(C)(C)C)CCC2N)CC1N(C)C. The number of likely N-dealkylation sites (tertiary alicyclic amines) is 1. The average Bonchev–Trinajstić information content (AvgIpc) is 2.70. The van der Waals surface area contributed by atoms with Crippen LogP contribution in [0.2, 0.25) is 0 Å². The number of rotatable bonds is 2. The van der Waals surface area contributed by atoms with E-state index in [1.165, 1.54) is 32.4 Å². The van der Waals surface area contributed by atoms with Gasteiger partial charge in [0.1, 0.15) is 0 Å². The van der Waals surface area contributed by atoms with Crippen molar-refractivity contribution < 1.29 is 0 Å². The van der Waals surface area contributed by atoms with Gasteiger partial charge < -0.3 is 10.6 Å². The molecular formula is C17H35N3. The second-order valence-electron chi connectivity index (χ2n) is 8.57. The Balaban J connectivity index is 2.04. The van der Waals surface area contributed by atoms with Crippen LogP contribution in [0.25, 0.3) is 0 Å². The van der Waals surface area contributed by atoms with Gasteiger partial charge in [0.05, 0.1) is 0 Å². The van der Waals surface area contributed by atoms with Crippen molar-refractivity contribution in [3.05, 3.63) is 0 Å². The Hall–Kier alpha value is -0.120. The molecule has 2 N–H and O–H groups in total. The predicted octanol–water partition coefficient (Wildman–Crippen LogP) is 2.41. The highest BCUT2D eigenvalue weighted by molar-refractivity contribution is 4.97. The highest BCUT2D eigenvalue weighted by atomic mass is 15.3. The first-order valence-electron chi connectivity index (χ1n) is 8.36. The number of hydrogen-bond acceptors (Lipinski definition) is 3. The van der Waals surface area contributed by atoms with Crippen LogP contribution in [0.3, 0.4) is 0 Å². The third-order valence-corrected chi connectivity index (χ3v) is 5.83. The molecule has 1 aliphatic carbocycles. The third-order valence-electron chi connectivity index (χ3n) is 5.83. The lowest BCUT2D eigenvalue weighted by Crippen LogP contribution is -2.52. The van der Waals surface area contributed by atoms with Gasteiger partial charge >= 0.3 is 0 Å². The van der Waals surface area contributed by atoms with E-state index in [4.69, 9.17) is 5.73 Å². The second kappa shape index (κ2) is 5.94. The van der Waals surface area contributed by atoms with Gasteiger partial charge in [0.15, 0.2) is 0 Å². The van der Waals surface area contributed by atoms with E-state index in [-0.39, 0.29) is 0 Å². The minimum Gasteiger partial charge on any atom is -0.326 e. The fraction of sp³-hybridized carbons (Fsp3) is 1.00. The van der Waals surface area contributed by atoms with Crippen LogP contribution in [0, 0.1) is 17.3 Å². The summed E-state index contributed by atoms with van der Waals surface area (Å²) in [6.45, 7) is 12.0. The molecule has 2 fully saturated rings. The zero-order valence-electron chi connectivity index (χ0n) is 14.4. The minimum absolute atomic E-state index is 0.377. The molecule has 2 aliphatic rings. The lowest BCUT2D eigenvalue weighted by atomic mass is 9.69. The maximum atomic E-state index is 6.48. The Bertz CT molecular complexity index is 321. The summed E-state index contributed by atoms with van der Waals surface area (Å²) < 4.78 is 0. The zero-order valence-corrected chi connectivity index (χ0v) is 14.4. The van der Waals surface area contributed by atoms with Gasteiger partial charge in [-0.15, -0.1) is 0 Å². The quantitative estimate of drug-likeness (QED) is 0.843. The van der Waals surface area contributed by atoms with Crippen LogP contribution in [0.5, 0.6) is 0 Å². The van der Waals surface area contributed by atoms with Crippen LogP contribution < -0.4 is 5.73 Å². The molecule has 0 amide bonds. The molecular weight excluding hydrogens is 246 g/mol. The van der Waals surface area contributed by atoms with Gasteiger partial charge in [0.25, 0.3) is 0 Å². The van der Waals surface area contributed by atoms with E-state index in [1.807, 2.05) is 0 Å². The number of nitrogens with two attached hydrogens (primary N) is 1. The Morgan fingerprint density at radius 2 is 1.75 bits per heavy atom. The molecule has 0 spiro atoms. The first-order valence-corrected chi connectivity index (χ1v) is 8.36. The van der Waals surface area contributed by atoms with Crippen LogP contribution in [0.15, 0.2) is 0 Å². The zero-order chi connectivity index (χ0) is 15.1. The molecule has 1 aliphatic heterocycles. The molecule has 1 heterocycles. The third kappa shape index (κ3) is 3.37. The van der Waals surface area contributed by atoms with Gasteiger partial charge in [-0.05, 0) is 50.6 Å². The topological polar surface area (TPSA) is 32.5 Å². The highest BCUT2D eigenvalue weighted by Crippen LogP contribution is 2.40. The summed E-state index contributed by atoms with van der Waals surface area (Å²) in [6, 6.07) is 1.67.